The fraction of sp³-hybridized carbons (Fsp3) is 0.292. The molecule has 4 rings (SSSR count). The number of hydrogen-bond acceptors (Lipinski definition) is 2. The zero-order valence-electron chi connectivity index (χ0n) is 16.3. The Hall–Kier alpha value is -2.85. The van der Waals surface area contributed by atoms with E-state index in [0.717, 1.165) is 31.6 Å². The van der Waals surface area contributed by atoms with Gasteiger partial charge in [0.05, 0.1) is 0 Å². The maximum absolute atomic E-state index is 11.0. The van der Waals surface area contributed by atoms with Gasteiger partial charge in [-0.2, -0.15) is 0 Å². The van der Waals surface area contributed by atoms with Crippen molar-refractivity contribution in [1.29, 1.82) is 0 Å². The first-order chi connectivity index (χ1) is 13.6. The van der Waals surface area contributed by atoms with E-state index < -0.39 is 5.91 Å². The van der Waals surface area contributed by atoms with Gasteiger partial charge in [0.1, 0.15) is 0 Å². The third kappa shape index (κ3) is 4.18. The van der Waals surface area contributed by atoms with Crippen molar-refractivity contribution in [3.05, 3.63) is 77.5 Å². The molecule has 0 aliphatic carbocycles. The smallest absolute Gasteiger partial charge is 0.241 e. The lowest BCUT2D eigenvalue weighted by molar-refractivity contribution is -0.113. The molecule has 1 aliphatic heterocycles. The van der Waals surface area contributed by atoms with Gasteiger partial charge in [0, 0.05) is 43.3 Å². The maximum Gasteiger partial charge on any atom is 0.241 e. The summed E-state index contributed by atoms with van der Waals surface area (Å²) in [5.41, 5.74) is 10.2. The number of carbonyl (C=O) groups is 1. The molecule has 1 atom stereocenters. The van der Waals surface area contributed by atoms with Crippen molar-refractivity contribution < 1.29 is 4.79 Å². The Kier molecular flexibility index (Phi) is 5.31. The molecule has 3 aromatic rings. The number of carbonyl (C=O) groups excluding carboxylic acids is 1. The van der Waals surface area contributed by atoms with Crippen molar-refractivity contribution in [2.75, 3.05) is 13.1 Å². The van der Waals surface area contributed by atoms with Crippen molar-refractivity contribution in [1.82, 2.24) is 9.47 Å². The summed E-state index contributed by atoms with van der Waals surface area (Å²) in [5, 5.41) is 1.27. The molecule has 4 nitrogen and oxygen atoms in total. The molecule has 0 bridgehead atoms. The number of aryl methyl sites for hydroxylation is 1. The summed E-state index contributed by atoms with van der Waals surface area (Å²) >= 11 is 0. The van der Waals surface area contributed by atoms with Crippen LogP contribution in [0.4, 0.5) is 0 Å². The molecule has 2 heterocycles. The van der Waals surface area contributed by atoms with Gasteiger partial charge in [-0.15, -0.1) is 0 Å². The van der Waals surface area contributed by atoms with E-state index in [9.17, 15) is 4.79 Å². The minimum Gasteiger partial charge on any atom is -0.366 e. The topological polar surface area (TPSA) is 51.3 Å². The number of hydrogen-bond donors (Lipinski definition) is 1. The van der Waals surface area contributed by atoms with E-state index in [0.29, 0.717) is 5.92 Å². The van der Waals surface area contributed by atoms with Crippen LogP contribution in [-0.4, -0.2) is 28.5 Å². The summed E-state index contributed by atoms with van der Waals surface area (Å²) < 4.78 is 2.20. The Morgan fingerprint density at radius 3 is 2.82 bits per heavy atom. The predicted octanol–water partition coefficient (Wildman–Crippen LogP) is 3.74. The van der Waals surface area contributed by atoms with Gasteiger partial charge in [-0.1, -0.05) is 36.4 Å². The zero-order valence-corrected chi connectivity index (χ0v) is 16.3. The maximum atomic E-state index is 11.0. The van der Waals surface area contributed by atoms with Crippen molar-refractivity contribution >= 4 is 22.9 Å². The van der Waals surface area contributed by atoms with Crippen LogP contribution in [0.15, 0.2) is 60.8 Å². The number of nitrogens with two attached hydrogens (primary N) is 1. The summed E-state index contributed by atoms with van der Waals surface area (Å²) in [6.07, 6.45) is 7.79. The van der Waals surface area contributed by atoms with E-state index in [2.05, 4.69) is 65.2 Å². The van der Waals surface area contributed by atoms with Crippen LogP contribution in [0.2, 0.25) is 0 Å². The average Bonchev–Trinajstić information content (AvgIpc) is 3.25. The van der Waals surface area contributed by atoms with Gasteiger partial charge in [0.15, 0.2) is 0 Å². The summed E-state index contributed by atoms with van der Waals surface area (Å²) in [6.45, 7) is 3.35. The molecule has 0 radical (unpaired) electrons. The van der Waals surface area contributed by atoms with Crippen molar-refractivity contribution in [3.63, 3.8) is 0 Å². The lowest BCUT2D eigenvalue weighted by atomic mass is 9.97. The molecule has 2 N–H and O–H groups in total. The molecule has 1 unspecified atom stereocenters. The lowest BCUT2D eigenvalue weighted by Gasteiger charge is -2.16. The molecule has 1 saturated heterocycles. The van der Waals surface area contributed by atoms with Crippen molar-refractivity contribution in [2.24, 2.45) is 18.7 Å². The summed E-state index contributed by atoms with van der Waals surface area (Å²) in [7, 11) is 2.10. The van der Waals surface area contributed by atoms with Gasteiger partial charge in [0.2, 0.25) is 5.91 Å². The molecule has 4 heteroatoms. The number of primary amides is 1. The molecule has 1 fully saturated rings. The summed E-state index contributed by atoms with van der Waals surface area (Å²) in [6, 6.07) is 17.0. The fourth-order valence-corrected chi connectivity index (χ4v) is 4.31. The van der Waals surface area contributed by atoms with E-state index >= 15 is 0 Å². The number of aromatic nitrogens is 1. The highest BCUT2D eigenvalue weighted by Crippen LogP contribution is 2.28. The molecule has 0 saturated carbocycles. The van der Waals surface area contributed by atoms with Crippen LogP contribution in [0.1, 0.15) is 23.1 Å². The monoisotopic (exact) mass is 373 g/mol. The van der Waals surface area contributed by atoms with Crippen molar-refractivity contribution in [2.45, 2.75) is 19.4 Å². The van der Waals surface area contributed by atoms with E-state index in [-0.39, 0.29) is 0 Å². The third-order valence-electron chi connectivity index (χ3n) is 5.66. The van der Waals surface area contributed by atoms with Crippen LogP contribution in [-0.2, 0) is 24.8 Å². The number of amides is 1. The van der Waals surface area contributed by atoms with E-state index in [1.807, 2.05) is 6.07 Å². The average molecular weight is 374 g/mol. The highest BCUT2D eigenvalue weighted by atomic mass is 16.1. The second-order valence-electron chi connectivity index (χ2n) is 7.86. The molecule has 28 heavy (non-hydrogen) atoms. The fourth-order valence-electron chi connectivity index (χ4n) is 4.31. The van der Waals surface area contributed by atoms with Crippen LogP contribution in [0, 0.1) is 5.92 Å². The Balaban J connectivity index is 1.48. The number of rotatable bonds is 6. The van der Waals surface area contributed by atoms with Gasteiger partial charge in [-0.3, -0.25) is 9.69 Å². The molecule has 144 valence electrons. The first kappa shape index (κ1) is 18.5. The summed E-state index contributed by atoms with van der Waals surface area (Å²) in [4.78, 5) is 13.6. The minimum atomic E-state index is -0.419. The molecule has 1 amide bonds. The van der Waals surface area contributed by atoms with E-state index in [4.69, 9.17) is 5.73 Å². The van der Waals surface area contributed by atoms with Crippen LogP contribution in [0.25, 0.3) is 17.0 Å². The lowest BCUT2D eigenvalue weighted by Crippen LogP contribution is -2.20. The first-order valence-electron chi connectivity index (χ1n) is 9.90. The van der Waals surface area contributed by atoms with Crippen LogP contribution < -0.4 is 5.73 Å². The molecular formula is C24H27N3O. The molecule has 0 spiro atoms. The molecule has 2 aromatic carbocycles. The summed E-state index contributed by atoms with van der Waals surface area (Å²) in [5.74, 6) is 0.261. The second-order valence-corrected chi connectivity index (χ2v) is 7.86. The minimum absolute atomic E-state index is 0.419. The molecular weight excluding hydrogens is 346 g/mol. The standard InChI is InChI=1S/C24H27N3O/c1-26-17-21(22-14-18(7-9-23(22)26)8-10-24(25)28)13-20-11-12-27(16-20)15-19-5-3-2-4-6-19/h2-10,14,17,20H,11-13,15-16H2,1H3,(H2,25,28)/b10-8+. The number of likely N-dealkylation sites (tertiary alicyclic amines) is 1. The van der Waals surface area contributed by atoms with Crippen LogP contribution >= 0.6 is 0 Å². The van der Waals surface area contributed by atoms with Gasteiger partial charge in [0.25, 0.3) is 0 Å². The highest BCUT2D eigenvalue weighted by Gasteiger charge is 2.23. The molecule has 1 aliphatic rings. The van der Waals surface area contributed by atoms with Crippen LogP contribution in [0.3, 0.4) is 0 Å². The Morgan fingerprint density at radius 2 is 2.04 bits per heavy atom. The molecule has 1 aromatic heterocycles. The van der Waals surface area contributed by atoms with Gasteiger partial charge >= 0.3 is 0 Å². The van der Waals surface area contributed by atoms with Crippen LogP contribution in [0.5, 0.6) is 0 Å². The number of fused-ring (bicyclic) bond motifs is 1. The largest absolute Gasteiger partial charge is 0.366 e. The third-order valence-corrected chi connectivity index (χ3v) is 5.66. The van der Waals surface area contributed by atoms with Gasteiger partial charge < -0.3 is 10.3 Å². The quantitative estimate of drug-likeness (QED) is 0.669. The highest BCUT2D eigenvalue weighted by molar-refractivity contribution is 5.92. The van der Waals surface area contributed by atoms with E-state index in [1.54, 1.807) is 6.08 Å². The normalized spacial score (nSPS) is 17.7. The Labute approximate surface area is 166 Å². The SMILES string of the molecule is Cn1cc(CC2CCN(Cc3ccccc3)C2)c2cc(/C=C/C(N)=O)ccc21. The second kappa shape index (κ2) is 8.03. The van der Waals surface area contributed by atoms with E-state index in [1.165, 1.54) is 34.5 Å². The first-order valence-corrected chi connectivity index (χ1v) is 9.90. The Morgan fingerprint density at radius 1 is 1.21 bits per heavy atom. The number of nitrogens with zero attached hydrogens (tertiary/aromatic N) is 2. The zero-order chi connectivity index (χ0) is 19.5. The van der Waals surface area contributed by atoms with Crippen molar-refractivity contribution in [3.8, 4) is 0 Å². The van der Waals surface area contributed by atoms with Gasteiger partial charge in [-0.25, -0.2) is 0 Å². The van der Waals surface area contributed by atoms with Gasteiger partial charge in [-0.05, 0) is 60.2 Å². The Bertz CT molecular complexity index is 1000. The number of benzene rings is 2. The predicted molar refractivity (Wildman–Crippen MR) is 115 cm³/mol.